The van der Waals surface area contributed by atoms with E-state index in [2.05, 4.69) is 60.2 Å². The maximum Gasteiger partial charge on any atom is 0.248 e. The summed E-state index contributed by atoms with van der Waals surface area (Å²) in [6.45, 7) is 4.38. The fraction of sp³-hybridized carbons (Fsp3) is 0.130. The van der Waals surface area contributed by atoms with Gasteiger partial charge in [-0.1, -0.05) is 61.8 Å². The van der Waals surface area contributed by atoms with Gasteiger partial charge in [0.1, 0.15) is 5.82 Å². The van der Waals surface area contributed by atoms with Gasteiger partial charge in [-0.3, -0.25) is 4.79 Å². The minimum Gasteiger partial charge on any atom is -0.366 e. The van der Waals surface area contributed by atoms with Crippen molar-refractivity contribution in [2.45, 2.75) is 19.3 Å². The molecule has 4 rings (SSSR count). The lowest BCUT2D eigenvalue weighted by atomic mass is 9.78. The average Bonchev–Trinajstić information content (AvgIpc) is 3.11. The Hall–Kier alpha value is -3.11. The SMILES string of the molecule is CC(C)(c1ccc(Cl)cc1)c1ccc(-c2nc3cc(C(N)=O)ccc3[nH]2)cc1. The van der Waals surface area contributed by atoms with Crippen LogP contribution in [0.2, 0.25) is 5.02 Å². The van der Waals surface area contributed by atoms with Crippen molar-refractivity contribution in [3.05, 3.63) is 88.4 Å². The second-order valence-corrected chi connectivity index (χ2v) is 7.83. The first-order valence-corrected chi connectivity index (χ1v) is 9.39. The molecular formula is C23H20ClN3O. The Balaban J connectivity index is 1.67. The van der Waals surface area contributed by atoms with Gasteiger partial charge in [0.25, 0.3) is 0 Å². The number of primary amides is 1. The van der Waals surface area contributed by atoms with Crippen molar-refractivity contribution in [3.8, 4) is 11.4 Å². The van der Waals surface area contributed by atoms with E-state index < -0.39 is 5.91 Å². The topological polar surface area (TPSA) is 71.8 Å². The summed E-state index contributed by atoms with van der Waals surface area (Å²) < 4.78 is 0. The molecule has 4 aromatic rings. The van der Waals surface area contributed by atoms with E-state index in [0.29, 0.717) is 5.56 Å². The quantitative estimate of drug-likeness (QED) is 0.496. The summed E-state index contributed by atoms with van der Waals surface area (Å²) in [5, 5.41) is 0.735. The van der Waals surface area contributed by atoms with Gasteiger partial charge < -0.3 is 10.7 Å². The third-order valence-corrected chi connectivity index (χ3v) is 5.47. The number of carbonyl (C=O) groups excluding carboxylic acids is 1. The normalized spacial score (nSPS) is 11.7. The average molecular weight is 390 g/mol. The van der Waals surface area contributed by atoms with Crippen molar-refractivity contribution in [2.24, 2.45) is 5.73 Å². The molecule has 1 aromatic heterocycles. The summed E-state index contributed by atoms with van der Waals surface area (Å²) in [6.07, 6.45) is 0. The highest BCUT2D eigenvalue weighted by Crippen LogP contribution is 2.33. The fourth-order valence-electron chi connectivity index (χ4n) is 3.37. The van der Waals surface area contributed by atoms with E-state index in [1.807, 2.05) is 18.2 Å². The van der Waals surface area contributed by atoms with Gasteiger partial charge in [0.2, 0.25) is 5.91 Å². The Morgan fingerprint density at radius 3 is 2.18 bits per heavy atom. The van der Waals surface area contributed by atoms with E-state index in [9.17, 15) is 4.79 Å². The molecule has 1 heterocycles. The molecule has 1 amide bonds. The summed E-state index contributed by atoms with van der Waals surface area (Å²) in [4.78, 5) is 19.3. The molecule has 0 aliphatic heterocycles. The van der Waals surface area contributed by atoms with Crippen LogP contribution in [0.4, 0.5) is 0 Å². The van der Waals surface area contributed by atoms with Crippen LogP contribution in [-0.4, -0.2) is 15.9 Å². The third kappa shape index (κ3) is 3.27. The number of H-pyrrole nitrogens is 1. The number of nitrogens with one attached hydrogen (secondary N) is 1. The highest BCUT2D eigenvalue weighted by molar-refractivity contribution is 6.30. The van der Waals surface area contributed by atoms with Gasteiger partial charge in [0, 0.05) is 21.6 Å². The molecular weight excluding hydrogens is 370 g/mol. The largest absolute Gasteiger partial charge is 0.366 e. The number of halogens is 1. The summed E-state index contributed by atoms with van der Waals surface area (Å²) >= 11 is 6.02. The first-order chi connectivity index (χ1) is 13.3. The molecule has 28 heavy (non-hydrogen) atoms. The first-order valence-electron chi connectivity index (χ1n) is 9.01. The molecule has 0 aliphatic carbocycles. The van der Waals surface area contributed by atoms with Crippen molar-refractivity contribution in [1.82, 2.24) is 9.97 Å². The number of carbonyl (C=O) groups is 1. The Bertz CT molecular complexity index is 1160. The Kier molecular flexibility index (Phi) is 4.44. The number of benzene rings is 3. The second kappa shape index (κ2) is 6.80. The lowest BCUT2D eigenvalue weighted by Crippen LogP contribution is -2.18. The molecule has 0 unspecified atom stereocenters. The zero-order chi connectivity index (χ0) is 19.9. The summed E-state index contributed by atoms with van der Waals surface area (Å²) in [7, 11) is 0. The van der Waals surface area contributed by atoms with Gasteiger partial charge in [0.15, 0.2) is 0 Å². The fourth-order valence-corrected chi connectivity index (χ4v) is 3.50. The van der Waals surface area contributed by atoms with Gasteiger partial charge in [-0.05, 0) is 41.5 Å². The van der Waals surface area contributed by atoms with Crippen molar-refractivity contribution in [2.75, 3.05) is 0 Å². The Morgan fingerprint density at radius 1 is 0.964 bits per heavy atom. The van der Waals surface area contributed by atoms with Gasteiger partial charge in [-0.2, -0.15) is 0 Å². The van der Waals surface area contributed by atoms with Crippen LogP contribution in [0.5, 0.6) is 0 Å². The molecule has 0 bridgehead atoms. The molecule has 0 fully saturated rings. The van der Waals surface area contributed by atoms with Crippen LogP contribution in [0.25, 0.3) is 22.4 Å². The molecule has 5 heteroatoms. The lowest BCUT2D eigenvalue weighted by molar-refractivity contribution is 0.100. The number of rotatable bonds is 4. The van der Waals surface area contributed by atoms with Crippen LogP contribution >= 0.6 is 11.6 Å². The number of hydrogen-bond acceptors (Lipinski definition) is 2. The molecule has 0 atom stereocenters. The predicted molar refractivity (Wildman–Crippen MR) is 114 cm³/mol. The number of aromatic amines is 1. The number of aromatic nitrogens is 2. The summed E-state index contributed by atoms with van der Waals surface area (Å²) in [5.41, 5.74) is 10.6. The first kappa shape index (κ1) is 18.3. The predicted octanol–water partition coefficient (Wildman–Crippen LogP) is 5.31. The van der Waals surface area contributed by atoms with Crippen molar-refractivity contribution in [1.29, 1.82) is 0 Å². The smallest absolute Gasteiger partial charge is 0.248 e. The molecule has 0 spiro atoms. The molecule has 0 radical (unpaired) electrons. The number of imidazole rings is 1. The molecule has 4 nitrogen and oxygen atoms in total. The summed E-state index contributed by atoms with van der Waals surface area (Å²) in [5.74, 6) is 0.299. The molecule has 3 aromatic carbocycles. The molecule has 0 saturated carbocycles. The van der Waals surface area contributed by atoms with E-state index in [-0.39, 0.29) is 5.41 Å². The van der Waals surface area contributed by atoms with Crippen molar-refractivity contribution >= 4 is 28.5 Å². The second-order valence-electron chi connectivity index (χ2n) is 7.39. The van der Waals surface area contributed by atoms with Crippen LogP contribution in [0.15, 0.2) is 66.7 Å². The Labute approximate surface area is 168 Å². The number of hydrogen-bond donors (Lipinski definition) is 2. The van der Waals surface area contributed by atoms with E-state index in [1.54, 1.807) is 12.1 Å². The number of nitrogens with zero attached hydrogens (tertiary/aromatic N) is 1. The van der Waals surface area contributed by atoms with E-state index >= 15 is 0 Å². The minimum atomic E-state index is -0.458. The van der Waals surface area contributed by atoms with Crippen LogP contribution in [0, 0.1) is 0 Å². The molecule has 140 valence electrons. The monoisotopic (exact) mass is 389 g/mol. The maximum atomic E-state index is 11.4. The number of amides is 1. The van der Waals surface area contributed by atoms with E-state index in [4.69, 9.17) is 17.3 Å². The van der Waals surface area contributed by atoms with Crippen molar-refractivity contribution < 1.29 is 4.79 Å². The molecule has 3 N–H and O–H groups in total. The zero-order valence-corrected chi connectivity index (χ0v) is 16.4. The van der Waals surface area contributed by atoms with Gasteiger partial charge in [-0.15, -0.1) is 0 Å². The maximum absolute atomic E-state index is 11.4. The van der Waals surface area contributed by atoms with E-state index in [1.165, 1.54) is 11.1 Å². The van der Waals surface area contributed by atoms with Gasteiger partial charge in [0.05, 0.1) is 11.0 Å². The minimum absolute atomic E-state index is 0.145. The van der Waals surface area contributed by atoms with Crippen LogP contribution in [0.3, 0.4) is 0 Å². The zero-order valence-electron chi connectivity index (χ0n) is 15.7. The molecule has 0 aliphatic rings. The third-order valence-electron chi connectivity index (χ3n) is 5.21. The molecule has 0 saturated heterocycles. The lowest BCUT2D eigenvalue weighted by Gasteiger charge is -2.26. The van der Waals surface area contributed by atoms with Crippen molar-refractivity contribution in [3.63, 3.8) is 0 Å². The van der Waals surface area contributed by atoms with Crippen LogP contribution in [-0.2, 0) is 5.41 Å². The highest BCUT2D eigenvalue weighted by Gasteiger charge is 2.23. The number of nitrogens with two attached hydrogens (primary N) is 1. The Morgan fingerprint density at radius 2 is 1.57 bits per heavy atom. The van der Waals surface area contributed by atoms with Gasteiger partial charge >= 0.3 is 0 Å². The van der Waals surface area contributed by atoms with Crippen LogP contribution < -0.4 is 5.73 Å². The van der Waals surface area contributed by atoms with E-state index in [0.717, 1.165) is 27.4 Å². The summed E-state index contributed by atoms with van der Waals surface area (Å²) in [6, 6.07) is 21.5. The van der Waals surface area contributed by atoms with Gasteiger partial charge in [-0.25, -0.2) is 4.98 Å². The van der Waals surface area contributed by atoms with Crippen LogP contribution in [0.1, 0.15) is 35.3 Å². The number of fused-ring (bicyclic) bond motifs is 1. The highest BCUT2D eigenvalue weighted by atomic mass is 35.5. The standard InChI is InChI=1S/C23H20ClN3O/c1-23(2,17-8-10-18(24)11-9-17)16-6-3-14(4-7-16)22-26-19-12-5-15(21(25)28)13-20(19)27-22/h3-13H,1-2H3,(H2,25,28)(H,26,27).